The lowest BCUT2D eigenvalue weighted by atomic mass is 10.1. The van der Waals surface area contributed by atoms with E-state index in [-0.39, 0.29) is 16.8 Å². The van der Waals surface area contributed by atoms with Crippen LogP contribution in [0.5, 0.6) is 0 Å². The van der Waals surface area contributed by atoms with Crippen molar-refractivity contribution in [3.63, 3.8) is 0 Å². The van der Waals surface area contributed by atoms with E-state index in [9.17, 15) is 10.1 Å². The van der Waals surface area contributed by atoms with Gasteiger partial charge in [-0.3, -0.25) is 10.1 Å². The number of hydrogen-bond acceptors (Lipinski definition) is 4. The molecule has 0 bridgehead atoms. The van der Waals surface area contributed by atoms with Crippen LogP contribution in [0.25, 0.3) is 0 Å². The Morgan fingerprint density at radius 3 is 2.48 bits per heavy atom. The molecule has 4 nitrogen and oxygen atoms in total. The molecule has 0 saturated heterocycles. The zero-order valence-corrected chi connectivity index (χ0v) is 13.9. The average molecular weight is 325 g/mol. The first-order valence-electron chi connectivity index (χ1n) is 6.57. The van der Waals surface area contributed by atoms with E-state index in [0.29, 0.717) is 0 Å². The van der Waals surface area contributed by atoms with Crippen LogP contribution in [0.15, 0.2) is 18.2 Å². The number of rotatable bonds is 4. The predicted molar refractivity (Wildman–Crippen MR) is 88.7 cm³/mol. The lowest BCUT2D eigenvalue weighted by molar-refractivity contribution is -0.384. The summed E-state index contributed by atoms with van der Waals surface area (Å²) in [4.78, 5) is 13.0. The number of anilines is 1. The number of benzene rings is 1. The van der Waals surface area contributed by atoms with Crippen molar-refractivity contribution < 1.29 is 4.92 Å². The third kappa shape index (κ3) is 3.36. The predicted octanol–water partition coefficient (Wildman–Crippen LogP) is 5.41. The number of nitrogens with zero attached hydrogens (tertiary/aromatic N) is 1. The molecular formula is C15H17ClN2O2S. The van der Waals surface area contributed by atoms with E-state index in [2.05, 4.69) is 32.2 Å². The van der Waals surface area contributed by atoms with Gasteiger partial charge in [-0.2, -0.15) is 0 Å². The molecule has 0 aliphatic heterocycles. The Kier molecular flexibility index (Phi) is 4.54. The first-order valence-corrected chi connectivity index (χ1v) is 7.77. The van der Waals surface area contributed by atoms with Gasteiger partial charge in [0.1, 0.15) is 5.02 Å². The molecule has 0 fully saturated rings. The number of nitro groups is 1. The molecule has 1 unspecified atom stereocenters. The highest BCUT2D eigenvalue weighted by atomic mass is 35.5. The Balaban J connectivity index is 2.29. The fourth-order valence-electron chi connectivity index (χ4n) is 2.35. The highest BCUT2D eigenvalue weighted by Gasteiger charge is 2.17. The maximum atomic E-state index is 10.9. The second-order valence-electron chi connectivity index (χ2n) is 5.11. The van der Waals surface area contributed by atoms with Crippen molar-refractivity contribution in [3.8, 4) is 0 Å². The van der Waals surface area contributed by atoms with Crippen molar-refractivity contribution in [3.05, 3.63) is 54.2 Å². The third-order valence-corrected chi connectivity index (χ3v) is 4.69. The van der Waals surface area contributed by atoms with Gasteiger partial charge in [-0.1, -0.05) is 11.6 Å². The van der Waals surface area contributed by atoms with Gasteiger partial charge in [-0.15, -0.1) is 11.3 Å². The van der Waals surface area contributed by atoms with Crippen LogP contribution in [-0.4, -0.2) is 4.92 Å². The van der Waals surface area contributed by atoms with Crippen molar-refractivity contribution in [2.45, 2.75) is 33.7 Å². The lowest BCUT2D eigenvalue weighted by Gasteiger charge is -2.17. The number of hydrogen-bond donors (Lipinski definition) is 1. The number of nitrogens with one attached hydrogen (secondary N) is 1. The van der Waals surface area contributed by atoms with Gasteiger partial charge >= 0.3 is 0 Å². The molecule has 1 atom stereocenters. The molecule has 0 saturated carbocycles. The summed E-state index contributed by atoms with van der Waals surface area (Å²) in [5.74, 6) is 0. The summed E-state index contributed by atoms with van der Waals surface area (Å²) in [6.45, 7) is 8.09. The van der Waals surface area contributed by atoms with Gasteiger partial charge in [0.15, 0.2) is 0 Å². The summed E-state index contributed by atoms with van der Waals surface area (Å²) in [5.41, 5.74) is 2.81. The molecule has 0 radical (unpaired) electrons. The summed E-state index contributed by atoms with van der Waals surface area (Å²) in [7, 11) is 0. The number of aryl methyl sites for hydroxylation is 3. The topological polar surface area (TPSA) is 55.2 Å². The zero-order valence-electron chi connectivity index (χ0n) is 12.4. The summed E-state index contributed by atoms with van der Waals surface area (Å²) in [6.07, 6.45) is 0. The van der Waals surface area contributed by atoms with Crippen LogP contribution in [-0.2, 0) is 0 Å². The fourth-order valence-corrected chi connectivity index (χ4v) is 3.61. The lowest BCUT2D eigenvalue weighted by Crippen LogP contribution is -2.08. The van der Waals surface area contributed by atoms with Crippen molar-refractivity contribution in [1.29, 1.82) is 0 Å². The highest BCUT2D eigenvalue weighted by Crippen LogP contribution is 2.34. The zero-order chi connectivity index (χ0) is 15.7. The van der Waals surface area contributed by atoms with E-state index < -0.39 is 4.92 Å². The molecule has 21 heavy (non-hydrogen) atoms. The minimum absolute atomic E-state index is 0.0603. The van der Waals surface area contributed by atoms with Gasteiger partial charge in [0.25, 0.3) is 5.69 Å². The van der Waals surface area contributed by atoms with E-state index in [4.69, 9.17) is 11.6 Å². The summed E-state index contributed by atoms with van der Waals surface area (Å²) < 4.78 is 0. The first kappa shape index (κ1) is 15.8. The van der Waals surface area contributed by atoms with Crippen LogP contribution in [0.2, 0.25) is 5.02 Å². The Morgan fingerprint density at radius 1 is 1.29 bits per heavy atom. The Labute approximate surface area is 132 Å². The molecule has 6 heteroatoms. The normalized spacial score (nSPS) is 12.2. The average Bonchev–Trinajstić information content (AvgIpc) is 2.72. The molecule has 0 amide bonds. The van der Waals surface area contributed by atoms with E-state index in [1.165, 1.54) is 21.4 Å². The SMILES string of the molecule is Cc1cc(C(C)Nc2cc(Cl)c([N+](=O)[O-])cc2C)c(C)s1. The van der Waals surface area contributed by atoms with Gasteiger partial charge in [0.05, 0.1) is 4.92 Å². The minimum atomic E-state index is -0.463. The molecule has 1 aromatic heterocycles. The largest absolute Gasteiger partial charge is 0.378 e. The standard InChI is InChI=1S/C15H17ClN2O2S/c1-8-5-15(18(19)20)13(16)7-14(8)17-10(3)12-6-9(2)21-11(12)4/h5-7,10,17H,1-4H3. The van der Waals surface area contributed by atoms with E-state index in [1.54, 1.807) is 17.4 Å². The molecule has 1 aromatic carbocycles. The molecular weight excluding hydrogens is 308 g/mol. The van der Waals surface area contributed by atoms with Crippen LogP contribution in [0.1, 0.15) is 33.8 Å². The molecule has 112 valence electrons. The van der Waals surface area contributed by atoms with Gasteiger partial charge < -0.3 is 5.32 Å². The molecule has 0 spiro atoms. The number of thiophene rings is 1. The number of nitro benzene ring substituents is 1. The third-order valence-electron chi connectivity index (χ3n) is 3.41. The van der Waals surface area contributed by atoms with Gasteiger partial charge in [0, 0.05) is 27.5 Å². The van der Waals surface area contributed by atoms with Crippen LogP contribution in [0.4, 0.5) is 11.4 Å². The number of halogens is 1. The fraction of sp³-hybridized carbons (Fsp3) is 0.333. The summed E-state index contributed by atoms with van der Waals surface area (Å²) in [6, 6.07) is 5.41. The van der Waals surface area contributed by atoms with Gasteiger partial charge in [-0.05, 0) is 51.0 Å². The van der Waals surface area contributed by atoms with Crippen molar-refractivity contribution in [2.24, 2.45) is 0 Å². The second kappa shape index (κ2) is 6.03. The Hall–Kier alpha value is -1.59. The molecule has 2 aromatic rings. The molecule has 0 aliphatic rings. The maximum absolute atomic E-state index is 10.9. The Bertz CT molecular complexity index is 697. The summed E-state index contributed by atoms with van der Waals surface area (Å²) >= 11 is 7.75. The first-order chi connectivity index (χ1) is 9.79. The summed E-state index contributed by atoms with van der Waals surface area (Å²) in [5, 5.41) is 14.4. The van der Waals surface area contributed by atoms with Crippen molar-refractivity contribution >= 4 is 34.3 Å². The molecule has 2 rings (SSSR count). The van der Waals surface area contributed by atoms with Crippen LogP contribution in [0, 0.1) is 30.9 Å². The van der Waals surface area contributed by atoms with Gasteiger partial charge in [0.2, 0.25) is 0 Å². The van der Waals surface area contributed by atoms with Crippen LogP contribution >= 0.6 is 22.9 Å². The van der Waals surface area contributed by atoms with Crippen LogP contribution in [0.3, 0.4) is 0 Å². The quantitative estimate of drug-likeness (QED) is 0.604. The van der Waals surface area contributed by atoms with E-state index in [1.807, 2.05) is 6.92 Å². The second-order valence-corrected chi connectivity index (χ2v) is 6.98. The maximum Gasteiger partial charge on any atom is 0.288 e. The monoisotopic (exact) mass is 324 g/mol. The minimum Gasteiger partial charge on any atom is -0.378 e. The molecule has 1 heterocycles. The molecule has 1 N–H and O–H groups in total. The van der Waals surface area contributed by atoms with E-state index >= 15 is 0 Å². The van der Waals surface area contributed by atoms with Crippen LogP contribution < -0.4 is 5.32 Å². The van der Waals surface area contributed by atoms with E-state index in [0.717, 1.165) is 11.3 Å². The van der Waals surface area contributed by atoms with Gasteiger partial charge in [-0.25, -0.2) is 0 Å². The Morgan fingerprint density at radius 2 is 1.95 bits per heavy atom. The highest BCUT2D eigenvalue weighted by molar-refractivity contribution is 7.12. The van der Waals surface area contributed by atoms with Crippen molar-refractivity contribution in [2.75, 3.05) is 5.32 Å². The van der Waals surface area contributed by atoms with Crippen molar-refractivity contribution in [1.82, 2.24) is 0 Å². The smallest absolute Gasteiger partial charge is 0.288 e. The molecule has 0 aliphatic carbocycles.